The molecular formula is C14H17N3O5S. The molecule has 124 valence electrons. The summed E-state index contributed by atoms with van der Waals surface area (Å²) < 4.78 is 35.6. The van der Waals surface area contributed by atoms with Gasteiger partial charge in [-0.1, -0.05) is 5.16 Å². The zero-order chi connectivity index (χ0) is 17.2. The van der Waals surface area contributed by atoms with Crippen molar-refractivity contribution < 1.29 is 22.5 Å². The molecule has 1 aromatic carbocycles. The molecule has 0 saturated carbocycles. The molecule has 2 aromatic rings. The van der Waals surface area contributed by atoms with Gasteiger partial charge in [-0.25, -0.2) is 13.2 Å². The summed E-state index contributed by atoms with van der Waals surface area (Å²) in [6.07, 6.45) is 0.0875. The number of sulfonamides is 1. The number of nitrogens with zero attached hydrogens (tertiary/aromatic N) is 2. The molecule has 2 N–H and O–H groups in total. The second-order valence-electron chi connectivity index (χ2n) is 4.78. The van der Waals surface area contributed by atoms with E-state index < -0.39 is 16.1 Å². The number of hydrogen-bond acceptors (Lipinski definition) is 7. The van der Waals surface area contributed by atoms with E-state index in [4.69, 9.17) is 10.5 Å². The predicted octanol–water partition coefficient (Wildman–Crippen LogP) is 2.23. The average molecular weight is 339 g/mol. The fourth-order valence-corrected chi connectivity index (χ4v) is 3.32. The molecule has 0 spiro atoms. The molecule has 0 aliphatic rings. The van der Waals surface area contributed by atoms with Crippen LogP contribution in [0.4, 0.5) is 16.3 Å². The van der Waals surface area contributed by atoms with Crippen molar-refractivity contribution in [3.05, 3.63) is 35.6 Å². The summed E-state index contributed by atoms with van der Waals surface area (Å²) in [6.45, 7) is 5.09. The molecule has 8 nitrogen and oxygen atoms in total. The molecule has 0 atom stereocenters. The van der Waals surface area contributed by atoms with E-state index in [0.29, 0.717) is 15.6 Å². The van der Waals surface area contributed by atoms with Gasteiger partial charge in [-0.3, -0.25) is 0 Å². The van der Waals surface area contributed by atoms with Crippen molar-refractivity contribution >= 4 is 27.6 Å². The number of aromatic nitrogens is 1. The zero-order valence-electron chi connectivity index (χ0n) is 12.9. The van der Waals surface area contributed by atoms with Gasteiger partial charge < -0.3 is 15.0 Å². The lowest BCUT2D eigenvalue weighted by Crippen LogP contribution is -2.37. The molecule has 9 heteroatoms. The molecule has 0 radical (unpaired) electrons. The van der Waals surface area contributed by atoms with E-state index in [1.54, 1.807) is 20.8 Å². The van der Waals surface area contributed by atoms with Crippen LogP contribution in [0, 0.1) is 13.8 Å². The topological polar surface area (TPSA) is 116 Å². The summed E-state index contributed by atoms with van der Waals surface area (Å²) in [5.41, 5.74) is 7.61. The van der Waals surface area contributed by atoms with Crippen LogP contribution < -0.4 is 10.0 Å². The Morgan fingerprint density at radius 3 is 2.61 bits per heavy atom. The minimum atomic E-state index is -4.25. The summed E-state index contributed by atoms with van der Waals surface area (Å²) in [5, 5.41) is 3.51. The van der Waals surface area contributed by atoms with Crippen LogP contribution in [0.1, 0.15) is 18.1 Å². The molecule has 0 fully saturated rings. The van der Waals surface area contributed by atoms with Crippen LogP contribution in [0.15, 0.2) is 33.9 Å². The Morgan fingerprint density at radius 1 is 1.39 bits per heavy atom. The number of benzene rings is 1. The quantitative estimate of drug-likeness (QED) is 0.849. The monoisotopic (exact) mass is 339 g/mol. The summed E-state index contributed by atoms with van der Waals surface area (Å²) in [4.78, 5) is 12.0. The number of anilines is 2. The summed E-state index contributed by atoms with van der Waals surface area (Å²) in [7, 11) is -4.25. The van der Waals surface area contributed by atoms with Gasteiger partial charge in [0.05, 0.1) is 11.5 Å². The number of nitrogens with two attached hydrogens (primary N) is 1. The van der Waals surface area contributed by atoms with Crippen LogP contribution in [-0.4, -0.2) is 26.3 Å². The van der Waals surface area contributed by atoms with Crippen molar-refractivity contribution in [1.82, 2.24) is 5.16 Å². The predicted molar refractivity (Wildman–Crippen MR) is 83.5 cm³/mol. The van der Waals surface area contributed by atoms with E-state index in [9.17, 15) is 13.2 Å². The zero-order valence-corrected chi connectivity index (χ0v) is 13.8. The number of amides is 1. The second kappa shape index (κ2) is 6.29. The van der Waals surface area contributed by atoms with Crippen molar-refractivity contribution in [2.45, 2.75) is 25.7 Å². The third-order valence-corrected chi connectivity index (χ3v) is 4.93. The van der Waals surface area contributed by atoms with Gasteiger partial charge >= 0.3 is 6.09 Å². The van der Waals surface area contributed by atoms with Crippen LogP contribution in [0.5, 0.6) is 0 Å². The van der Waals surface area contributed by atoms with Crippen LogP contribution in [0.3, 0.4) is 0 Å². The highest BCUT2D eigenvalue weighted by Crippen LogP contribution is 2.27. The number of nitrogen functional groups attached to an aromatic ring is 1. The lowest BCUT2D eigenvalue weighted by Gasteiger charge is -2.19. The first-order valence-corrected chi connectivity index (χ1v) is 8.22. The number of aryl methyl sites for hydroxylation is 1. The lowest BCUT2D eigenvalue weighted by atomic mass is 10.1. The molecule has 0 bridgehead atoms. The highest BCUT2D eigenvalue weighted by Gasteiger charge is 2.34. The Labute approximate surface area is 133 Å². The van der Waals surface area contributed by atoms with E-state index in [2.05, 4.69) is 9.68 Å². The van der Waals surface area contributed by atoms with Gasteiger partial charge in [-0.05, 0) is 44.0 Å². The standard InChI is InChI=1S/C14H17N3O5S/c1-4-21-14(18)17(13-5-6-22-16-13)23(19,20)11-7-9(2)10(3)12(15)8-11/h5-8H,4,15H2,1-3H3. The fourth-order valence-electron chi connectivity index (χ4n) is 1.91. The van der Waals surface area contributed by atoms with Gasteiger partial charge in [0.1, 0.15) is 6.26 Å². The SMILES string of the molecule is CCOC(=O)N(c1ccon1)S(=O)(=O)c1cc(C)c(C)c(N)c1. The van der Waals surface area contributed by atoms with Gasteiger partial charge in [0.15, 0.2) is 5.82 Å². The third kappa shape index (κ3) is 3.14. The van der Waals surface area contributed by atoms with E-state index in [1.165, 1.54) is 18.2 Å². The summed E-state index contributed by atoms with van der Waals surface area (Å²) >= 11 is 0. The Hall–Kier alpha value is -2.55. The normalized spacial score (nSPS) is 11.3. The number of rotatable bonds is 4. The first kappa shape index (κ1) is 16.8. The average Bonchev–Trinajstić information content (AvgIpc) is 2.98. The second-order valence-corrected chi connectivity index (χ2v) is 6.57. The molecule has 0 aliphatic heterocycles. The van der Waals surface area contributed by atoms with E-state index in [0.717, 1.165) is 11.8 Å². The number of ether oxygens (including phenoxy) is 1. The van der Waals surface area contributed by atoms with E-state index in [1.807, 2.05) is 0 Å². The van der Waals surface area contributed by atoms with Crippen molar-refractivity contribution in [3.8, 4) is 0 Å². The van der Waals surface area contributed by atoms with Crippen LogP contribution >= 0.6 is 0 Å². The van der Waals surface area contributed by atoms with E-state index in [-0.39, 0.29) is 17.3 Å². The maximum atomic E-state index is 12.9. The molecule has 1 heterocycles. The van der Waals surface area contributed by atoms with Gasteiger partial charge in [0.2, 0.25) is 0 Å². The van der Waals surface area contributed by atoms with Crippen molar-refractivity contribution in [1.29, 1.82) is 0 Å². The van der Waals surface area contributed by atoms with Crippen molar-refractivity contribution in [2.24, 2.45) is 0 Å². The van der Waals surface area contributed by atoms with Gasteiger partial charge in [-0.15, -0.1) is 4.31 Å². The third-order valence-electron chi connectivity index (χ3n) is 3.29. The molecule has 1 amide bonds. The Balaban J connectivity index is 2.59. The molecule has 2 rings (SSSR count). The first-order valence-electron chi connectivity index (χ1n) is 6.78. The summed E-state index contributed by atoms with van der Waals surface area (Å²) in [5.74, 6) is -0.194. The van der Waals surface area contributed by atoms with Gasteiger partial charge in [-0.2, -0.15) is 0 Å². The van der Waals surface area contributed by atoms with Gasteiger partial charge in [0.25, 0.3) is 10.0 Å². The Morgan fingerprint density at radius 2 is 2.09 bits per heavy atom. The van der Waals surface area contributed by atoms with E-state index >= 15 is 0 Å². The molecule has 0 aliphatic carbocycles. The fraction of sp³-hybridized carbons (Fsp3) is 0.286. The maximum Gasteiger partial charge on any atom is 0.430 e. The number of carbonyl (C=O) groups excluding carboxylic acids is 1. The van der Waals surface area contributed by atoms with Gasteiger partial charge in [0, 0.05) is 11.8 Å². The Kier molecular flexibility index (Phi) is 4.60. The largest absolute Gasteiger partial charge is 0.449 e. The van der Waals surface area contributed by atoms with Crippen molar-refractivity contribution in [3.63, 3.8) is 0 Å². The molecule has 0 unspecified atom stereocenters. The smallest absolute Gasteiger partial charge is 0.430 e. The van der Waals surface area contributed by atoms with Crippen LogP contribution in [0.2, 0.25) is 0 Å². The maximum absolute atomic E-state index is 12.9. The molecule has 1 aromatic heterocycles. The highest BCUT2D eigenvalue weighted by molar-refractivity contribution is 7.93. The molecular weight excluding hydrogens is 322 g/mol. The number of hydrogen-bond donors (Lipinski definition) is 1. The lowest BCUT2D eigenvalue weighted by molar-refractivity contribution is 0.163. The highest BCUT2D eigenvalue weighted by atomic mass is 32.2. The first-order chi connectivity index (χ1) is 10.8. The number of carbonyl (C=O) groups is 1. The molecule has 23 heavy (non-hydrogen) atoms. The van der Waals surface area contributed by atoms with Crippen LogP contribution in [0.25, 0.3) is 0 Å². The molecule has 0 saturated heterocycles. The van der Waals surface area contributed by atoms with Crippen LogP contribution in [-0.2, 0) is 14.8 Å². The minimum Gasteiger partial charge on any atom is -0.449 e. The van der Waals surface area contributed by atoms with Crippen molar-refractivity contribution in [2.75, 3.05) is 16.6 Å². The minimum absolute atomic E-state index is 0.0117. The Bertz CT molecular complexity index is 792. The summed E-state index contributed by atoms with van der Waals surface area (Å²) in [6, 6.07) is 3.98.